The lowest BCUT2D eigenvalue weighted by Gasteiger charge is -2.32. The predicted octanol–water partition coefficient (Wildman–Crippen LogP) is 5.68. The maximum atomic E-state index is 13.2. The summed E-state index contributed by atoms with van der Waals surface area (Å²) in [6, 6.07) is 5.96. The molecule has 0 atom stereocenters. The predicted molar refractivity (Wildman–Crippen MR) is 177 cm³/mol. The van der Waals surface area contributed by atoms with E-state index in [1.807, 2.05) is 47.6 Å². The highest BCUT2D eigenvalue weighted by Crippen LogP contribution is 2.20. The number of hydrogen-bond donors (Lipinski definition) is 4. The van der Waals surface area contributed by atoms with E-state index in [0.717, 1.165) is 31.3 Å². The molecule has 44 heavy (non-hydrogen) atoms. The number of hydrazone groups is 1. The van der Waals surface area contributed by atoms with Gasteiger partial charge in [-0.3, -0.25) is 19.6 Å². The second-order valence-corrected chi connectivity index (χ2v) is 13.7. The molecule has 0 unspecified atom stereocenters. The number of unbranched alkanes of at least 4 members (excludes halogenated alkanes) is 2. The molecule has 1 rings (SSSR count). The number of hydrogen-bond acceptors (Lipinski definition) is 7. The quantitative estimate of drug-likeness (QED) is 0.0383. The van der Waals surface area contributed by atoms with Gasteiger partial charge in [0.05, 0.1) is 18.4 Å². The molecule has 0 aliphatic carbocycles. The summed E-state index contributed by atoms with van der Waals surface area (Å²) >= 11 is 0. The lowest BCUT2D eigenvalue weighted by Crippen LogP contribution is -2.44. The van der Waals surface area contributed by atoms with Crippen LogP contribution >= 0.6 is 0 Å². The van der Waals surface area contributed by atoms with Crippen molar-refractivity contribution in [1.82, 2.24) is 16.1 Å². The Hall–Kier alpha value is -3.28. The average Bonchev–Trinajstić information content (AvgIpc) is 2.96. The van der Waals surface area contributed by atoms with Crippen molar-refractivity contribution >= 4 is 28.1 Å². The lowest BCUT2D eigenvalue weighted by atomic mass is 9.94. The van der Waals surface area contributed by atoms with Crippen LogP contribution in [0.5, 0.6) is 0 Å². The fourth-order valence-corrected chi connectivity index (χ4v) is 4.35. The molecule has 0 aliphatic rings. The van der Waals surface area contributed by atoms with Crippen LogP contribution in [0.4, 0.5) is 0 Å². The maximum Gasteiger partial charge on any atom is 0.295 e. The highest BCUT2D eigenvalue weighted by atomic mass is 32.2. The van der Waals surface area contributed by atoms with Gasteiger partial charge in [0.25, 0.3) is 16.0 Å². The third kappa shape index (κ3) is 16.0. The van der Waals surface area contributed by atoms with Crippen LogP contribution < -0.4 is 16.1 Å². The van der Waals surface area contributed by atoms with Gasteiger partial charge in [0, 0.05) is 41.8 Å². The molecule has 0 saturated heterocycles. The summed E-state index contributed by atoms with van der Waals surface area (Å²) < 4.78 is 38.7. The Morgan fingerprint density at radius 3 is 2.32 bits per heavy atom. The molecule has 11 heteroatoms. The van der Waals surface area contributed by atoms with Crippen LogP contribution in [0.15, 0.2) is 69.3 Å². The normalized spacial score (nSPS) is 13.7. The maximum absolute atomic E-state index is 13.2. The molecule has 0 aliphatic heterocycles. The van der Waals surface area contributed by atoms with Gasteiger partial charge in [-0.25, -0.2) is 0 Å². The molecule has 0 radical (unpaired) electrons. The SMILES string of the molecule is CCCCCC(=O)NCC(C)(C)OCC(C)(C)CNC(=O)/C(C=C(C)CC)=C/C=C(\C)N/N=C/c1ccccc1S(=O)(=O)O. The van der Waals surface area contributed by atoms with Crippen molar-refractivity contribution in [3.63, 3.8) is 0 Å². The Balaban J connectivity index is 2.83. The van der Waals surface area contributed by atoms with E-state index in [0.29, 0.717) is 37.4 Å². The van der Waals surface area contributed by atoms with E-state index in [2.05, 4.69) is 28.1 Å². The van der Waals surface area contributed by atoms with Crippen molar-refractivity contribution in [2.75, 3.05) is 19.7 Å². The van der Waals surface area contributed by atoms with Gasteiger partial charge in [0.2, 0.25) is 5.91 Å². The summed E-state index contributed by atoms with van der Waals surface area (Å²) in [5.41, 5.74) is 4.21. The highest BCUT2D eigenvalue weighted by molar-refractivity contribution is 7.86. The molecule has 0 aromatic heterocycles. The highest BCUT2D eigenvalue weighted by Gasteiger charge is 2.26. The van der Waals surface area contributed by atoms with Gasteiger partial charge in [0.1, 0.15) is 4.90 Å². The zero-order valence-electron chi connectivity index (χ0n) is 27.6. The Morgan fingerprint density at radius 1 is 1.00 bits per heavy atom. The van der Waals surface area contributed by atoms with Gasteiger partial charge in [0.15, 0.2) is 0 Å². The Bertz CT molecular complexity index is 1330. The minimum Gasteiger partial charge on any atom is -0.373 e. The number of nitrogens with zero attached hydrogens (tertiary/aromatic N) is 1. The summed E-state index contributed by atoms with van der Waals surface area (Å²) in [6.45, 7) is 16.9. The number of carbonyl (C=O) groups is 2. The molecule has 4 N–H and O–H groups in total. The van der Waals surface area contributed by atoms with Gasteiger partial charge >= 0.3 is 0 Å². The molecule has 2 amide bonds. The van der Waals surface area contributed by atoms with Crippen molar-refractivity contribution in [1.29, 1.82) is 0 Å². The van der Waals surface area contributed by atoms with Crippen molar-refractivity contribution in [2.45, 2.75) is 98.0 Å². The third-order valence-corrected chi connectivity index (χ3v) is 7.60. The summed E-state index contributed by atoms with van der Waals surface area (Å²) in [4.78, 5) is 25.0. The number of amides is 2. The number of allylic oxidation sites excluding steroid dienone is 4. The smallest absolute Gasteiger partial charge is 0.295 e. The van der Waals surface area contributed by atoms with E-state index in [1.54, 1.807) is 25.1 Å². The summed E-state index contributed by atoms with van der Waals surface area (Å²) in [7, 11) is -4.38. The van der Waals surface area contributed by atoms with Gasteiger partial charge in [-0.2, -0.15) is 13.5 Å². The second kappa shape index (κ2) is 18.5. The zero-order chi connectivity index (χ0) is 33.4. The first-order chi connectivity index (χ1) is 20.5. The fraction of sp³-hybridized carbons (Fsp3) is 0.545. The van der Waals surface area contributed by atoms with E-state index in [-0.39, 0.29) is 27.7 Å². The van der Waals surface area contributed by atoms with Gasteiger partial charge in [-0.1, -0.05) is 70.4 Å². The van der Waals surface area contributed by atoms with Crippen LogP contribution in [0, 0.1) is 5.41 Å². The number of rotatable bonds is 19. The topological polar surface area (TPSA) is 146 Å². The molecule has 0 heterocycles. The number of ether oxygens (including phenoxy) is 1. The zero-order valence-corrected chi connectivity index (χ0v) is 28.4. The van der Waals surface area contributed by atoms with E-state index in [4.69, 9.17) is 4.74 Å². The van der Waals surface area contributed by atoms with E-state index < -0.39 is 15.7 Å². The van der Waals surface area contributed by atoms with Crippen molar-refractivity contribution in [3.05, 3.63) is 64.9 Å². The monoisotopic (exact) mass is 632 g/mol. The summed E-state index contributed by atoms with van der Waals surface area (Å²) in [5.74, 6) is -0.204. The van der Waals surface area contributed by atoms with Crippen LogP contribution in [0.3, 0.4) is 0 Å². The van der Waals surface area contributed by atoms with Crippen molar-refractivity contribution in [3.8, 4) is 0 Å². The fourth-order valence-electron chi connectivity index (χ4n) is 3.68. The molecule has 1 aromatic carbocycles. The van der Waals surface area contributed by atoms with Crippen LogP contribution in [0.1, 0.15) is 93.1 Å². The van der Waals surface area contributed by atoms with Gasteiger partial charge < -0.3 is 15.4 Å². The van der Waals surface area contributed by atoms with Crippen LogP contribution in [-0.4, -0.2) is 56.3 Å². The summed E-state index contributed by atoms with van der Waals surface area (Å²) in [5, 5.41) is 10.0. The van der Waals surface area contributed by atoms with Crippen LogP contribution in [0.2, 0.25) is 0 Å². The van der Waals surface area contributed by atoms with Crippen molar-refractivity contribution < 1.29 is 27.3 Å². The van der Waals surface area contributed by atoms with Crippen LogP contribution in [-0.2, 0) is 24.4 Å². The molecular formula is C33H52N4O6S. The number of nitrogens with one attached hydrogen (secondary N) is 3. The molecular weight excluding hydrogens is 580 g/mol. The van der Waals surface area contributed by atoms with E-state index in [1.165, 1.54) is 24.4 Å². The molecule has 0 spiro atoms. The molecule has 1 aromatic rings. The van der Waals surface area contributed by atoms with E-state index >= 15 is 0 Å². The first-order valence-electron chi connectivity index (χ1n) is 15.1. The Kier molecular flexibility index (Phi) is 16.3. The summed E-state index contributed by atoms with van der Waals surface area (Å²) in [6.07, 6.45) is 10.8. The Morgan fingerprint density at radius 2 is 1.68 bits per heavy atom. The molecule has 0 saturated carbocycles. The average molecular weight is 633 g/mol. The minimum atomic E-state index is -4.38. The molecule has 10 nitrogen and oxygen atoms in total. The lowest BCUT2D eigenvalue weighted by molar-refractivity contribution is -0.124. The van der Waals surface area contributed by atoms with Crippen LogP contribution in [0.25, 0.3) is 0 Å². The molecule has 246 valence electrons. The molecule has 0 bridgehead atoms. The van der Waals surface area contributed by atoms with E-state index in [9.17, 15) is 22.6 Å². The van der Waals surface area contributed by atoms with Gasteiger partial charge in [-0.15, -0.1) is 0 Å². The number of carbonyl (C=O) groups excluding carboxylic acids is 2. The van der Waals surface area contributed by atoms with Crippen molar-refractivity contribution in [2.24, 2.45) is 10.5 Å². The molecule has 0 fully saturated rings. The first kappa shape index (κ1) is 38.7. The largest absolute Gasteiger partial charge is 0.373 e. The Labute approximate surface area is 264 Å². The van der Waals surface area contributed by atoms with Gasteiger partial charge in [-0.05, 0) is 58.8 Å². The minimum absolute atomic E-state index is 0.0326. The second-order valence-electron chi connectivity index (χ2n) is 12.3. The standard InChI is InChI=1S/C33H52N4O6S/c1-9-11-12-17-30(38)34-23-33(7,8)43-24-32(5,6)22-35-31(39)27(20-25(3)10-2)19-18-26(4)37-36-21-28-15-13-14-16-29(28)44(40,41)42/h13-16,18-21,37H,9-12,17,22-24H2,1-8H3,(H,34,38)(H,35,39)(H,40,41,42)/b25-20?,26-18+,27-19+,36-21+. The first-order valence-corrected chi connectivity index (χ1v) is 16.5. The number of benzene rings is 1. The third-order valence-electron chi connectivity index (χ3n) is 6.68.